The van der Waals surface area contributed by atoms with E-state index in [9.17, 15) is 13.2 Å². The zero-order valence-electron chi connectivity index (χ0n) is 11.5. The number of hydrogen-bond donors (Lipinski definition) is 1. The fraction of sp³-hybridized carbons (Fsp3) is 1.00. The molecule has 2 aliphatic rings. The molecule has 0 spiro atoms. The second-order valence-corrected chi connectivity index (χ2v) is 7.07. The molecule has 0 amide bonds. The molecule has 0 bridgehead atoms. The van der Waals surface area contributed by atoms with Crippen molar-refractivity contribution in [2.45, 2.75) is 74.9 Å². The van der Waals surface area contributed by atoms with E-state index in [-0.39, 0.29) is 6.04 Å². The second-order valence-electron chi connectivity index (χ2n) is 5.93. The molecule has 4 unspecified atom stereocenters. The molecule has 1 nitrogen and oxygen atoms in total. The van der Waals surface area contributed by atoms with Gasteiger partial charge in [0.25, 0.3) is 0 Å². The van der Waals surface area contributed by atoms with Gasteiger partial charge in [-0.3, -0.25) is 0 Å². The van der Waals surface area contributed by atoms with Crippen LogP contribution in [0.2, 0.25) is 0 Å². The number of hydrogen-bond acceptors (Lipinski definition) is 2. The lowest BCUT2D eigenvalue weighted by molar-refractivity contribution is -0.189. The molecule has 5 heteroatoms. The number of rotatable bonds is 3. The van der Waals surface area contributed by atoms with E-state index in [4.69, 9.17) is 0 Å². The molecule has 0 heterocycles. The van der Waals surface area contributed by atoms with Gasteiger partial charge in [0.2, 0.25) is 0 Å². The van der Waals surface area contributed by atoms with E-state index >= 15 is 0 Å². The summed E-state index contributed by atoms with van der Waals surface area (Å²) in [6.45, 7) is 0. The van der Waals surface area contributed by atoms with Gasteiger partial charge in [-0.15, -0.1) is 0 Å². The predicted octanol–water partition coefficient (Wildman–Crippen LogP) is 4.37. The van der Waals surface area contributed by atoms with Gasteiger partial charge in [-0.1, -0.05) is 19.3 Å². The molecule has 2 fully saturated rings. The van der Waals surface area contributed by atoms with Crippen LogP contribution >= 0.6 is 11.8 Å². The Kier molecular flexibility index (Phi) is 5.46. The van der Waals surface area contributed by atoms with Crippen molar-refractivity contribution in [3.63, 3.8) is 0 Å². The summed E-state index contributed by atoms with van der Waals surface area (Å²) in [5.74, 6) is -1.13. The van der Waals surface area contributed by atoms with Gasteiger partial charge in [0, 0.05) is 17.3 Å². The molecule has 112 valence electrons. The van der Waals surface area contributed by atoms with Crippen molar-refractivity contribution < 1.29 is 13.2 Å². The van der Waals surface area contributed by atoms with Crippen molar-refractivity contribution in [3.8, 4) is 0 Å². The monoisotopic (exact) mass is 295 g/mol. The molecular weight excluding hydrogens is 271 g/mol. The van der Waals surface area contributed by atoms with Crippen molar-refractivity contribution in [1.29, 1.82) is 0 Å². The first-order valence-corrected chi connectivity index (χ1v) is 8.65. The lowest BCUT2D eigenvalue weighted by atomic mass is 9.82. The number of alkyl halides is 3. The van der Waals surface area contributed by atoms with Crippen LogP contribution in [0.25, 0.3) is 0 Å². The fourth-order valence-electron chi connectivity index (χ4n) is 3.54. The van der Waals surface area contributed by atoms with Crippen LogP contribution in [0, 0.1) is 5.92 Å². The lowest BCUT2D eigenvalue weighted by Crippen LogP contribution is -2.50. The third kappa shape index (κ3) is 4.28. The van der Waals surface area contributed by atoms with Crippen molar-refractivity contribution in [3.05, 3.63) is 0 Å². The molecule has 4 atom stereocenters. The fourth-order valence-corrected chi connectivity index (χ4v) is 4.36. The maximum atomic E-state index is 13.0. The molecule has 0 aromatic heterocycles. The van der Waals surface area contributed by atoms with E-state index < -0.39 is 12.1 Å². The molecular formula is C14H24F3NS. The first kappa shape index (κ1) is 15.5. The summed E-state index contributed by atoms with van der Waals surface area (Å²) in [5.41, 5.74) is 0. The Morgan fingerprint density at radius 3 is 2.42 bits per heavy atom. The molecule has 19 heavy (non-hydrogen) atoms. The third-order valence-electron chi connectivity index (χ3n) is 4.60. The van der Waals surface area contributed by atoms with Gasteiger partial charge in [-0.2, -0.15) is 24.9 Å². The predicted molar refractivity (Wildman–Crippen MR) is 74.5 cm³/mol. The van der Waals surface area contributed by atoms with Gasteiger partial charge >= 0.3 is 6.18 Å². The Hall–Kier alpha value is 0.100. The van der Waals surface area contributed by atoms with Gasteiger partial charge in [-0.05, 0) is 38.4 Å². The standard InChI is InChI=1S/C14H24F3NS/c1-19-11-6-4-5-10(9-11)18-13-8-3-2-7-12(13)14(15,16)17/h10-13,18H,2-9H2,1H3. The van der Waals surface area contributed by atoms with E-state index in [1.807, 2.05) is 11.8 Å². The topological polar surface area (TPSA) is 12.0 Å². The zero-order chi connectivity index (χ0) is 13.9. The zero-order valence-corrected chi connectivity index (χ0v) is 12.3. The van der Waals surface area contributed by atoms with E-state index in [1.54, 1.807) is 0 Å². The summed E-state index contributed by atoms with van der Waals surface area (Å²) in [7, 11) is 0. The van der Waals surface area contributed by atoms with Crippen molar-refractivity contribution in [2.24, 2.45) is 5.92 Å². The second kappa shape index (κ2) is 6.70. The molecule has 0 aromatic carbocycles. The molecule has 0 aliphatic heterocycles. The van der Waals surface area contributed by atoms with Gasteiger partial charge in [0.05, 0.1) is 5.92 Å². The van der Waals surface area contributed by atoms with Gasteiger partial charge < -0.3 is 5.32 Å². The van der Waals surface area contributed by atoms with E-state index in [2.05, 4.69) is 11.6 Å². The lowest BCUT2D eigenvalue weighted by Gasteiger charge is -2.38. The molecule has 0 radical (unpaired) electrons. The van der Waals surface area contributed by atoms with Crippen molar-refractivity contribution in [2.75, 3.05) is 6.26 Å². The Bertz CT molecular complexity index is 282. The summed E-state index contributed by atoms with van der Waals surface area (Å²) < 4.78 is 39.1. The Morgan fingerprint density at radius 2 is 1.74 bits per heavy atom. The van der Waals surface area contributed by atoms with Crippen LogP contribution in [0.15, 0.2) is 0 Å². The Labute approximate surface area is 118 Å². The minimum atomic E-state index is -4.04. The molecule has 2 aliphatic carbocycles. The molecule has 2 saturated carbocycles. The van der Waals surface area contributed by atoms with Crippen LogP contribution in [0.5, 0.6) is 0 Å². The van der Waals surface area contributed by atoms with Crippen LogP contribution in [-0.2, 0) is 0 Å². The summed E-state index contributed by atoms with van der Waals surface area (Å²) in [6.07, 6.45) is 5.14. The molecule has 1 N–H and O–H groups in total. The van der Waals surface area contributed by atoms with Gasteiger partial charge in [-0.25, -0.2) is 0 Å². The maximum absolute atomic E-state index is 13.0. The average Bonchev–Trinajstić information content (AvgIpc) is 2.38. The normalized spacial score (nSPS) is 37.3. The largest absolute Gasteiger partial charge is 0.393 e. The van der Waals surface area contributed by atoms with Crippen molar-refractivity contribution in [1.82, 2.24) is 5.32 Å². The van der Waals surface area contributed by atoms with Crippen LogP contribution in [-0.4, -0.2) is 29.8 Å². The van der Waals surface area contributed by atoms with Gasteiger partial charge in [0.15, 0.2) is 0 Å². The van der Waals surface area contributed by atoms with Gasteiger partial charge in [0.1, 0.15) is 0 Å². The van der Waals surface area contributed by atoms with E-state index in [0.717, 1.165) is 32.1 Å². The Balaban J connectivity index is 1.92. The third-order valence-corrected chi connectivity index (χ3v) is 5.69. The molecule has 0 saturated heterocycles. The summed E-state index contributed by atoms with van der Waals surface area (Å²) in [6, 6.07) is -0.0569. The van der Waals surface area contributed by atoms with Crippen LogP contribution in [0.1, 0.15) is 51.4 Å². The number of nitrogens with one attached hydrogen (secondary N) is 1. The number of halogens is 3. The highest BCUT2D eigenvalue weighted by Gasteiger charge is 2.45. The summed E-state index contributed by atoms with van der Waals surface area (Å²) in [4.78, 5) is 0. The molecule has 0 aromatic rings. The van der Waals surface area contributed by atoms with Crippen LogP contribution in [0.4, 0.5) is 13.2 Å². The highest BCUT2D eigenvalue weighted by atomic mass is 32.2. The molecule has 2 rings (SSSR count). The van der Waals surface area contributed by atoms with Crippen LogP contribution < -0.4 is 5.32 Å². The summed E-state index contributed by atoms with van der Waals surface area (Å²) >= 11 is 1.86. The van der Waals surface area contributed by atoms with E-state index in [0.29, 0.717) is 24.1 Å². The SMILES string of the molecule is CSC1CCCC(NC2CCCCC2C(F)(F)F)C1. The minimum Gasteiger partial charge on any atom is -0.311 e. The quantitative estimate of drug-likeness (QED) is 0.829. The van der Waals surface area contributed by atoms with E-state index in [1.165, 1.54) is 6.42 Å². The minimum absolute atomic E-state index is 0.291. The summed E-state index contributed by atoms with van der Waals surface area (Å²) in [5, 5.41) is 3.97. The highest BCUT2D eigenvalue weighted by molar-refractivity contribution is 7.99. The first-order chi connectivity index (χ1) is 9.00. The average molecular weight is 295 g/mol. The maximum Gasteiger partial charge on any atom is 0.393 e. The van der Waals surface area contributed by atoms with Crippen LogP contribution in [0.3, 0.4) is 0 Å². The first-order valence-electron chi connectivity index (χ1n) is 7.36. The van der Waals surface area contributed by atoms with Crippen molar-refractivity contribution >= 4 is 11.8 Å². The smallest absolute Gasteiger partial charge is 0.311 e. The number of thioether (sulfide) groups is 1. The highest BCUT2D eigenvalue weighted by Crippen LogP contribution is 2.38. The Morgan fingerprint density at radius 1 is 1.00 bits per heavy atom.